The van der Waals surface area contributed by atoms with Crippen molar-refractivity contribution in [1.82, 2.24) is 10.6 Å². The van der Waals surface area contributed by atoms with E-state index < -0.39 is 89.0 Å². The summed E-state index contributed by atoms with van der Waals surface area (Å²) in [5.74, 6) is -5.60. The largest absolute Gasteiger partial charge is 0.481 e. The van der Waals surface area contributed by atoms with E-state index >= 15 is 0 Å². The molecular formula is C46H77ClN2O11. The van der Waals surface area contributed by atoms with Crippen LogP contribution in [-0.4, -0.2) is 111 Å². The van der Waals surface area contributed by atoms with Crippen molar-refractivity contribution in [2.45, 2.75) is 205 Å². The fourth-order valence-corrected chi connectivity index (χ4v) is 11.3. The fraction of sp³-hybridized carbons (Fsp3) is 0.891. The first-order valence-electron chi connectivity index (χ1n) is 23.1. The van der Waals surface area contributed by atoms with Gasteiger partial charge in [0, 0.05) is 42.5 Å². The van der Waals surface area contributed by atoms with Gasteiger partial charge in [-0.25, -0.2) is 4.79 Å². The number of ether oxygens (including phenoxy) is 5. The van der Waals surface area contributed by atoms with Crippen LogP contribution in [0.3, 0.4) is 0 Å². The van der Waals surface area contributed by atoms with Crippen LogP contribution in [0.1, 0.15) is 140 Å². The first kappa shape index (κ1) is 49.2. The molecule has 2 amide bonds. The van der Waals surface area contributed by atoms with Gasteiger partial charge in [0.1, 0.15) is 11.8 Å². The highest BCUT2D eigenvalue weighted by Gasteiger charge is 2.63. The van der Waals surface area contributed by atoms with Crippen LogP contribution in [0.2, 0.25) is 0 Å². The summed E-state index contributed by atoms with van der Waals surface area (Å²) < 4.78 is 34.4. The highest BCUT2D eigenvalue weighted by atomic mass is 35.5. The van der Waals surface area contributed by atoms with Crippen LogP contribution in [0.25, 0.3) is 0 Å². The molecule has 0 aliphatic carbocycles. The van der Waals surface area contributed by atoms with Gasteiger partial charge in [0.2, 0.25) is 0 Å². The highest BCUT2D eigenvalue weighted by molar-refractivity contribution is 6.17. The topological polar surface area (TPSA) is 182 Å². The predicted octanol–water partition coefficient (Wildman–Crippen LogP) is 7.12. The molecule has 2 spiro atoms. The molecule has 0 saturated carbocycles. The number of rotatable bonds is 16. The Labute approximate surface area is 363 Å². The molecule has 344 valence electrons. The van der Waals surface area contributed by atoms with Gasteiger partial charge in [-0.1, -0.05) is 61.5 Å². The summed E-state index contributed by atoms with van der Waals surface area (Å²) in [7, 11) is 0. The number of carbonyl (C=O) groups excluding carboxylic acids is 2. The Kier molecular flexibility index (Phi) is 16.3. The molecule has 0 aromatic rings. The van der Waals surface area contributed by atoms with Gasteiger partial charge >= 0.3 is 12.0 Å². The summed E-state index contributed by atoms with van der Waals surface area (Å²) in [6, 6.07) is -1.06. The van der Waals surface area contributed by atoms with E-state index in [1.165, 1.54) is 0 Å². The molecule has 0 radical (unpaired) electrons. The third kappa shape index (κ3) is 9.93. The Bertz CT molecular complexity index is 1520. The van der Waals surface area contributed by atoms with Gasteiger partial charge in [0.15, 0.2) is 11.6 Å². The monoisotopic (exact) mass is 869 g/mol. The van der Waals surface area contributed by atoms with E-state index in [0.717, 1.165) is 6.42 Å². The molecule has 0 bridgehead atoms. The molecule has 5 rings (SSSR count). The lowest BCUT2D eigenvalue weighted by Gasteiger charge is -2.55. The zero-order valence-corrected chi connectivity index (χ0v) is 38.7. The molecule has 0 unspecified atom stereocenters. The summed E-state index contributed by atoms with van der Waals surface area (Å²) in [6.07, 6.45) is 7.08. The number of carboxylic acid groups (broad SMARTS) is 1. The van der Waals surface area contributed by atoms with Gasteiger partial charge in [-0.2, -0.15) is 0 Å². The zero-order valence-electron chi connectivity index (χ0n) is 37.9. The minimum Gasteiger partial charge on any atom is -0.481 e. The highest BCUT2D eigenvalue weighted by Crippen LogP contribution is 2.54. The van der Waals surface area contributed by atoms with Crippen molar-refractivity contribution in [3.8, 4) is 0 Å². The summed E-state index contributed by atoms with van der Waals surface area (Å²) in [4.78, 5) is 39.9. The average molecular weight is 870 g/mol. The van der Waals surface area contributed by atoms with Gasteiger partial charge < -0.3 is 49.6 Å². The molecular weight excluding hydrogens is 792 g/mol. The summed E-state index contributed by atoms with van der Waals surface area (Å²) >= 11 is 5.88. The number of hydrogen-bond donors (Lipinski definition) is 5. The predicted molar refractivity (Wildman–Crippen MR) is 228 cm³/mol. The van der Waals surface area contributed by atoms with E-state index in [-0.39, 0.29) is 35.7 Å². The number of aliphatic hydroxyl groups excluding tert-OH is 1. The van der Waals surface area contributed by atoms with Gasteiger partial charge in [0.05, 0.1) is 53.7 Å². The Morgan fingerprint density at radius 1 is 0.917 bits per heavy atom. The van der Waals surface area contributed by atoms with Crippen molar-refractivity contribution in [2.24, 2.45) is 41.4 Å². The SMILES string of the molecule is CC[C@@H](C(=O)[C@@H](C)[C@@H](O)[C@H](C)[C@@H]1O[C@@H]([C@@H](CC)C(=O)O)CC[C@@H]1C)[C@H]1O[C@]2(C=C[C@H](NC(=O)NCCCCl)[C@]3(CC[C@@](C)([C@H]4CC[C@](O)(CC)[C@H](C)O4)O3)O2)[C@H](C)C[C@@H]1C. The molecule has 13 nitrogen and oxygen atoms in total. The molecule has 0 aromatic heterocycles. The van der Waals surface area contributed by atoms with Crippen LogP contribution < -0.4 is 10.6 Å². The number of nitrogens with one attached hydrogen (secondary N) is 2. The Hall–Kier alpha value is -1.84. The number of alkyl halides is 1. The lowest BCUT2D eigenvalue weighted by atomic mass is 9.72. The Morgan fingerprint density at radius 2 is 1.62 bits per heavy atom. The van der Waals surface area contributed by atoms with E-state index in [4.69, 9.17) is 35.3 Å². The van der Waals surface area contributed by atoms with Crippen molar-refractivity contribution in [2.75, 3.05) is 12.4 Å². The molecule has 0 aromatic carbocycles. The molecule has 5 heterocycles. The second-order valence-electron chi connectivity index (χ2n) is 19.4. The van der Waals surface area contributed by atoms with Crippen molar-refractivity contribution in [3.63, 3.8) is 0 Å². The third-order valence-corrected chi connectivity index (χ3v) is 15.6. The minimum atomic E-state index is -1.34. The second kappa shape index (κ2) is 19.9. The number of halogens is 1. The van der Waals surface area contributed by atoms with Gasteiger partial charge in [-0.3, -0.25) is 9.59 Å². The molecule has 5 aliphatic rings. The molecule has 4 saturated heterocycles. The van der Waals surface area contributed by atoms with Crippen LogP contribution in [-0.2, 0) is 33.3 Å². The van der Waals surface area contributed by atoms with Crippen LogP contribution in [0.4, 0.5) is 4.79 Å². The molecule has 18 atom stereocenters. The van der Waals surface area contributed by atoms with E-state index in [1.54, 1.807) is 6.92 Å². The summed E-state index contributed by atoms with van der Waals surface area (Å²) in [5, 5.41) is 38.9. The van der Waals surface area contributed by atoms with E-state index in [1.807, 2.05) is 53.7 Å². The molecule has 14 heteroatoms. The van der Waals surface area contributed by atoms with Crippen molar-refractivity contribution in [3.05, 3.63) is 12.2 Å². The standard InChI is InChI=1S/C46H77ClN2O11/c1-11-32(41(52)53)34-16-15-26(4)39(57-34)30(8)37(50)29(7)38(51)33(12-2)40-27(5)25-28(6)45(58-40)20-17-35(49-42(54)48-24-14-23-47)46(60-45)22-21-43(10,59-46)36-18-19-44(55,13-3)31(9)56-36/h17,20,26-37,39-40,50,55H,11-16,18-19,21-25H2,1-10H3,(H,52,53)(H2,48,49,54)/t26-,27-,28+,29-,30-,31-,32+,33-,34+,35-,36+,37+,39+,40-,43-,44+,45-,46-/m0/s1. The molecule has 60 heavy (non-hydrogen) atoms. The number of aliphatic carboxylic acids is 1. The number of ketones is 1. The number of aliphatic hydroxyl groups is 2. The first-order valence-corrected chi connectivity index (χ1v) is 23.6. The number of amides is 2. The van der Waals surface area contributed by atoms with Crippen LogP contribution in [0, 0.1) is 41.4 Å². The Morgan fingerprint density at radius 3 is 2.23 bits per heavy atom. The third-order valence-electron chi connectivity index (χ3n) is 15.4. The van der Waals surface area contributed by atoms with Crippen molar-refractivity contribution < 1.29 is 53.4 Å². The number of urea groups is 1. The van der Waals surface area contributed by atoms with Gasteiger partial charge in [-0.05, 0) is 96.0 Å². The quantitative estimate of drug-likeness (QED) is 0.0605. The lowest BCUT2D eigenvalue weighted by molar-refractivity contribution is -0.397. The number of carboxylic acids is 1. The van der Waals surface area contributed by atoms with Crippen molar-refractivity contribution >= 4 is 29.4 Å². The van der Waals surface area contributed by atoms with E-state index in [9.17, 15) is 29.7 Å². The van der Waals surface area contributed by atoms with Gasteiger partial charge in [-0.15, -0.1) is 11.6 Å². The normalized spacial score (nSPS) is 42.0. The van der Waals surface area contributed by atoms with E-state index in [0.29, 0.717) is 76.6 Å². The maximum atomic E-state index is 14.6. The summed E-state index contributed by atoms with van der Waals surface area (Å²) in [5.41, 5.74) is -1.71. The van der Waals surface area contributed by atoms with Gasteiger partial charge in [0.25, 0.3) is 0 Å². The van der Waals surface area contributed by atoms with E-state index in [2.05, 4.69) is 31.4 Å². The van der Waals surface area contributed by atoms with Crippen molar-refractivity contribution in [1.29, 1.82) is 0 Å². The smallest absolute Gasteiger partial charge is 0.315 e. The second-order valence-corrected chi connectivity index (χ2v) is 19.8. The minimum absolute atomic E-state index is 0.0218. The molecule has 4 fully saturated rings. The average Bonchev–Trinajstić information content (AvgIpc) is 3.55. The van der Waals surface area contributed by atoms with Crippen LogP contribution in [0.15, 0.2) is 12.2 Å². The van der Waals surface area contributed by atoms with Crippen LogP contribution in [0.5, 0.6) is 0 Å². The maximum Gasteiger partial charge on any atom is 0.315 e. The maximum absolute atomic E-state index is 14.6. The van der Waals surface area contributed by atoms with Crippen LogP contribution >= 0.6 is 11.6 Å². The lowest BCUT2D eigenvalue weighted by Crippen LogP contribution is -2.66. The number of carbonyl (C=O) groups is 3. The number of hydrogen-bond acceptors (Lipinski definition) is 10. The summed E-state index contributed by atoms with van der Waals surface area (Å²) in [6.45, 7) is 20.0. The Balaban J connectivity index is 1.38. The first-order chi connectivity index (χ1) is 28.2. The molecule has 5 N–H and O–H groups in total. The zero-order chi connectivity index (χ0) is 44.4. The molecule has 5 aliphatic heterocycles. The fourth-order valence-electron chi connectivity index (χ4n) is 11.1. The number of Topliss-reactive ketones (excluding diaryl/α,β-unsaturated/α-hetero) is 1.